The molecule has 0 amide bonds. The molecule has 1 heterocycles. The van der Waals surface area contributed by atoms with Crippen molar-refractivity contribution in [3.63, 3.8) is 0 Å². The Bertz CT molecular complexity index is 397. The molecule has 100 valence electrons. The smallest absolute Gasteiger partial charge is 0.0710 e. The molecule has 0 bridgehead atoms. The molecule has 3 atom stereocenters. The van der Waals surface area contributed by atoms with Crippen LogP contribution in [0.4, 0.5) is 0 Å². The molecule has 0 radical (unpaired) electrons. The highest BCUT2D eigenvalue weighted by molar-refractivity contribution is 6.30. The Labute approximate surface area is 114 Å². The summed E-state index contributed by atoms with van der Waals surface area (Å²) in [6, 6.07) is 8.26. The van der Waals surface area contributed by atoms with Crippen LogP contribution in [0.5, 0.6) is 0 Å². The zero-order valence-corrected chi connectivity index (χ0v) is 11.7. The van der Waals surface area contributed by atoms with Gasteiger partial charge >= 0.3 is 0 Å². The van der Waals surface area contributed by atoms with Crippen LogP contribution in [0.1, 0.15) is 24.9 Å². The first-order chi connectivity index (χ1) is 8.61. The van der Waals surface area contributed by atoms with Crippen molar-refractivity contribution in [2.45, 2.75) is 31.5 Å². The molecule has 1 aliphatic heterocycles. The van der Waals surface area contributed by atoms with E-state index in [2.05, 4.69) is 11.0 Å². The van der Waals surface area contributed by atoms with Crippen LogP contribution in [0.2, 0.25) is 5.02 Å². The highest BCUT2D eigenvalue weighted by Crippen LogP contribution is 2.29. The predicted molar refractivity (Wildman–Crippen MR) is 74.8 cm³/mol. The molecule has 1 aromatic carbocycles. The average molecular weight is 269 g/mol. The van der Waals surface area contributed by atoms with E-state index < -0.39 is 0 Å². The van der Waals surface area contributed by atoms with Gasteiger partial charge in [0, 0.05) is 37.3 Å². The molecular weight excluding hydrogens is 248 g/mol. The summed E-state index contributed by atoms with van der Waals surface area (Å²) in [4.78, 5) is 2.39. The van der Waals surface area contributed by atoms with E-state index in [0.29, 0.717) is 6.10 Å². The molecule has 0 aliphatic carbocycles. The molecule has 1 aliphatic rings. The Morgan fingerprint density at radius 2 is 2.28 bits per heavy atom. The SMILES string of the molecule is COC1CCN(C(c2cccc(Cl)c2)C(C)N)C1. The quantitative estimate of drug-likeness (QED) is 0.912. The van der Waals surface area contributed by atoms with Crippen molar-refractivity contribution in [2.24, 2.45) is 5.73 Å². The summed E-state index contributed by atoms with van der Waals surface area (Å²) >= 11 is 6.07. The van der Waals surface area contributed by atoms with Crippen LogP contribution < -0.4 is 5.73 Å². The Kier molecular flexibility index (Phi) is 4.62. The lowest BCUT2D eigenvalue weighted by Crippen LogP contribution is -2.38. The first-order valence-corrected chi connectivity index (χ1v) is 6.77. The largest absolute Gasteiger partial charge is 0.380 e. The lowest BCUT2D eigenvalue weighted by Gasteiger charge is -2.31. The average Bonchev–Trinajstić information content (AvgIpc) is 2.77. The van der Waals surface area contributed by atoms with Crippen molar-refractivity contribution >= 4 is 11.6 Å². The topological polar surface area (TPSA) is 38.5 Å². The van der Waals surface area contributed by atoms with Crippen LogP contribution in [0.25, 0.3) is 0 Å². The van der Waals surface area contributed by atoms with E-state index in [1.165, 1.54) is 5.56 Å². The second-order valence-electron chi connectivity index (χ2n) is 5.00. The van der Waals surface area contributed by atoms with Gasteiger partial charge in [-0.2, -0.15) is 0 Å². The Balaban J connectivity index is 2.19. The summed E-state index contributed by atoms with van der Waals surface area (Å²) in [5.41, 5.74) is 7.35. The lowest BCUT2D eigenvalue weighted by atomic mass is 9.99. The van der Waals surface area contributed by atoms with E-state index in [1.54, 1.807) is 7.11 Å². The van der Waals surface area contributed by atoms with Gasteiger partial charge in [-0.1, -0.05) is 23.7 Å². The van der Waals surface area contributed by atoms with Gasteiger partial charge in [0.05, 0.1) is 6.10 Å². The molecular formula is C14H21ClN2O. The van der Waals surface area contributed by atoms with Crippen molar-refractivity contribution in [3.8, 4) is 0 Å². The number of nitrogens with two attached hydrogens (primary N) is 1. The second kappa shape index (κ2) is 6.02. The molecule has 1 saturated heterocycles. The van der Waals surface area contributed by atoms with Gasteiger partial charge in [-0.05, 0) is 31.0 Å². The lowest BCUT2D eigenvalue weighted by molar-refractivity contribution is 0.0982. The number of methoxy groups -OCH3 is 1. The molecule has 3 nitrogen and oxygen atoms in total. The molecule has 0 spiro atoms. The first kappa shape index (κ1) is 13.8. The zero-order valence-electron chi connectivity index (χ0n) is 11.0. The molecule has 4 heteroatoms. The van der Waals surface area contributed by atoms with E-state index in [-0.39, 0.29) is 12.1 Å². The Hall–Kier alpha value is -0.610. The fourth-order valence-electron chi connectivity index (χ4n) is 2.74. The zero-order chi connectivity index (χ0) is 13.1. The van der Waals surface area contributed by atoms with Crippen molar-refractivity contribution in [1.29, 1.82) is 0 Å². The summed E-state index contributed by atoms with van der Waals surface area (Å²) in [6.45, 7) is 4.01. The van der Waals surface area contributed by atoms with Gasteiger partial charge in [0.25, 0.3) is 0 Å². The second-order valence-corrected chi connectivity index (χ2v) is 5.44. The molecule has 1 fully saturated rings. The third kappa shape index (κ3) is 3.04. The standard InChI is InChI=1S/C14H21ClN2O/c1-10(16)14(11-4-3-5-12(15)8-11)17-7-6-13(9-17)18-2/h3-5,8,10,13-14H,6-7,9,16H2,1-2H3. The minimum atomic E-state index is 0.0686. The maximum absolute atomic E-state index is 6.16. The number of likely N-dealkylation sites (tertiary alicyclic amines) is 1. The van der Waals surface area contributed by atoms with Crippen LogP contribution in [0, 0.1) is 0 Å². The fraction of sp³-hybridized carbons (Fsp3) is 0.571. The van der Waals surface area contributed by atoms with Gasteiger partial charge < -0.3 is 10.5 Å². The summed E-state index contributed by atoms with van der Waals surface area (Å²) in [6.07, 6.45) is 1.39. The van der Waals surface area contributed by atoms with Crippen LogP contribution in [0.3, 0.4) is 0 Å². The van der Waals surface area contributed by atoms with E-state index >= 15 is 0 Å². The predicted octanol–water partition coefficient (Wildman–Crippen LogP) is 2.45. The summed E-state index contributed by atoms with van der Waals surface area (Å²) < 4.78 is 5.42. The Morgan fingerprint density at radius 1 is 1.50 bits per heavy atom. The normalized spacial score (nSPS) is 24.1. The van der Waals surface area contributed by atoms with E-state index in [1.807, 2.05) is 25.1 Å². The number of benzene rings is 1. The van der Waals surface area contributed by atoms with Crippen LogP contribution in [0.15, 0.2) is 24.3 Å². The van der Waals surface area contributed by atoms with Crippen LogP contribution in [-0.2, 0) is 4.74 Å². The highest BCUT2D eigenvalue weighted by atomic mass is 35.5. The van der Waals surface area contributed by atoms with Crippen molar-refractivity contribution in [3.05, 3.63) is 34.9 Å². The number of hydrogen-bond acceptors (Lipinski definition) is 3. The minimum Gasteiger partial charge on any atom is -0.380 e. The fourth-order valence-corrected chi connectivity index (χ4v) is 2.94. The molecule has 18 heavy (non-hydrogen) atoms. The van der Waals surface area contributed by atoms with Crippen LogP contribution >= 0.6 is 11.6 Å². The molecule has 0 aromatic heterocycles. The highest BCUT2D eigenvalue weighted by Gasteiger charge is 2.31. The van der Waals surface area contributed by atoms with Gasteiger partial charge in [0.1, 0.15) is 0 Å². The summed E-state index contributed by atoms with van der Waals surface area (Å²) in [5, 5.41) is 0.764. The third-order valence-corrected chi connectivity index (χ3v) is 3.83. The molecule has 2 rings (SSSR count). The van der Waals surface area contributed by atoms with Gasteiger partial charge in [-0.3, -0.25) is 4.90 Å². The van der Waals surface area contributed by atoms with Gasteiger partial charge in [0.2, 0.25) is 0 Å². The maximum atomic E-state index is 6.16. The number of ether oxygens (including phenoxy) is 1. The number of nitrogens with zero attached hydrogens (tertiary/aromatic N) is 1. The number of rotatable bonds is 4. The van der Waals surface area contributed by atoms with E-state index in [4.69, 9.17) is 22.1 Å². The third-order valence-electron chi connectivity index (χ3n) is 3.59. The summed E-state index contributed by atoms with van der Waals surface area (Å²) in [5.74, 6) is 0. The molecule has 3 unspecified atom stereocenters. The van der Waals surface area contributed by atoms with Gasteiger partial charge in [-0.25, -0.2) is 0 Å². The number of halogens is 1. The minimum absolute atomic E-state index is 0.0686. The number of hydrogen-bond donors (Lipinski definition) is 1. The van der Waals surface area contributed by atoms with Crippen molar-refractivity contribution < 1.29 is 4.74 Å². The molecule has 2 N–H and O–H groups in total. The Morgan fingerprint density at radius 3 is 2.83 bits per heavy atom. The van der Waals surface area contributed by atoms with Gasteiger partial charge in [-0.15, -0.1) is 0 Å². The van der Waals surface area contributed by atoms with Crippen molar-refractivity contribution in [1.82, 2.24) is 4.90 Å². The van der Waals surface area contributed by atoms with Gasteiger partial charge in [0.15, 0.2) is 0 Å². The molecule has 0 saturated carbocycles. The molecule has 1 aromatic rings. The van der Waals surface area contributed by atoms with Crippen LogP contribution in [-0.4, -0.2) is 37.2 Å². The van der Waals surface area contributed by atoms with E-state index in [0.717, 1.165) is 24.5 Å². The maximum Gasteiger partial charge on any atom is 0.0710 e. The summed E-state index contributed by atoms with van der Waals surface area (Å²) in [7, 11) is 1.77. The van der Waals surface area contributed by atoms with E-state index in [9.17, 15) is 0 Å². The van der Waals surface area contributed by atoms with Crippen molar-refractivity contribution in [2.75, 3.05) is 20.2 Å². The first-order valence-electron chi connectivity index (χ1n) is 6.39. The monoisotopic (exact) mass is 268 g/mol.